The Balaban J connectivity index is 2.37. The van der Waals surface area contributed by atoms with Crippen LogP contribution in [-0.4, -0.2) is 15.7 Å². The van der Waals surface area contributed by atoms with Gasteiger partial charge in [-0.2, -0.15) is 0 Å². The van der Waals surface area contributed by atoms with Crippen molar-refractivity contribution < 1.29 is 10.3 Å². The van der Waals surface area contributed by atoms with Crippen molar-refractivity contribution in [2.24, 2.45) is 0 Å². The van der Waals surface area contributed by atoms with Crippen molar-refractivity contribution in [3.05, 3.63) is 29.8 Å². The first-order valence-electron chi connectivity index (χ1n) is 5.63. The molecule has 1 unspecified atom stereocenters. The predicted molar refractivity (Wildman–Crippen MR) is 61.3 cm³/mol. The van der Waals surface area contributed by atoms with E-state index in [1.54, 1.807) is 12.1 Å². The standard InChI is InChI=1S/C13H18NO2/c1-12(2)8-9-13(3,14(12)16)10-4-6-11(15)7-5-10/h4-7,15H,8-9H2,1-3H3. The van der Waals surface area contributed by atoms with Crippen LogP contribution in [0.5, 0.6) is 5.75 Å². The third kappa shape index (κ3) is 1.60. The van der Waals surface area contributed by atoms with E-state index >= 15 is 0 Å². The molecule has 1 aliphatic rings. The molecule has 1 atom stereocenters. The number of rotatable bonds is 1. The van der Waals surface area contributed by atoms with Crippen LogP contribution >= 0.6 is 0 Å². The highest BCUT2D eigenvalue weighted by Crippen LogP contribution is 2.45. The summed E-state index contributed by atoms with van der Waals surface area (Å²) >= 11 is 0. The van der Waals surface area contributed by atoms with Crippen LogP contribution < -0.4 is 0 Å². The fraction of sp³-hybridized carbons (Fsp3) is 0.538. The highest BCUT2D eigenvalue weighted by molar-refractivity contribution is 5.31. The van der Waals surface area contributed by atoms with Gasteiger partial charge in [0.15, 0.2) is 0 Å². The average molecular weight is 220 g/mol. The molecular weight excluding hydrogens is 202 g/mol. The predicted octanol–water partition coefficient (Wildman–Crippen LogP) is 2.83. The first kappa shape index (κ1) is 11.4. The third-order valence-electron chi connectivity index (χ3n) is 3.71. The van der Waals surface area contributed by atoms with Gasteiger partial charge in [-0.1, -0.05) is 12.1 Å². The molecule has 1 saturated heterocycles. The number of phenolic OH excluding ortho intramolecular Hbond substituents is 1. The molecule has 0 aromatic heterocycles. The zero-order chi connectivity index (χ0) is 12.0. The molecule has 1 N–H and O–H groups in total. The average Bonchev–Trinajstić information content (AvgIpc) is 2.45. The molecule has 0 aliphatic carbocycles. The normalized spacial score (nSPS) is 29.5. The molecule has 2 rings (SSSR count). The van der Waals surface area contributed by atoms with Crippen LogP contribution in [0, 0.1) is 0 Å². The van der Waals surface area contributed by atoms with Gasteiger partial charge in [-0.3, -0.25) is 0 Å². The van der Waals surface area contributed by atoms with Crippen LogP contribution in [0.15, 0.2) is 24.3 Å². The summed E-state index contributed by atoms with van der Waals surface area (Å²) in [5.74, 6) is 0.238. The second kappa shape index (κ2) is 3.47. The van der Waals surface area contributed by atoms with E-state index in [0.717, 1.165) is 18.4 Å². The molecule has 3 heteroatoms. The first-order valence-corrected chi connectivity index (χ1v) is 5.63. The van der Waals surface area contributed by atoms with Crippen LogP contribution in [0.3, 0.4) is 0 Å². The molecule has 1 fully saturated rings. The summed E-state index contributed by atoms with van der Waals surface area (Å²) in [4.78, 5) is 0. The number of hydroxylamine groups is 2. The van der Waals surface area contributed by atoms with Crippen molar-refractivity contribution in [1.82, 2.24) is 5.06 Å². The Bertz CT molecular complexity index is 385. The van der Waals surface area contributed by atoms with E-state index in [9.17, 15) is 10.3 Å². The quantitative estimate of drug-likeness (QED) is 0.790. The maximum Gasteiger partial charge on any atom is 0.115 e. The summed E-state index contributed by atoms with van der Waals surface area (Å²) in [7, 11) is 0. The highest BCUT2D eigenvalue weighted by atomic mass is 16.5. The lowest BCUT2D eigenvalue weighted by Crippen LogP contribution is -2.44. The van der Waals surface area contributed by atoms with E-state index in [4.69, 9.17) is 0 Å². The van der Waals surface area contributed by atoms with Gasteiger partial charge in [0.05, 0.1) is 5.54 Å². The summed E-state index contributed by atoms with van der Waals surface area (Å²) in [5.41, 5.74) is 0.218. The summed E-state index contributed by atoms with van der Waals surface area (Å²) in [6.07, 6.45) is 1.75. The number of hydrogen-bond donors (Lipinski definition) is 1. The van der Waals surface area contributed by atoms with E-state index in [-0.39, 0.29) is 11.3 Å². The Hall–Kier alpha value is -1.06. The number of phenols is 1. The maximum atomic E-state index is 12.3. The zero-order valence-corrected chi connectivity index (χ0v) is 10.0. The lowest BCUT2D eigenvalue weighted by molar-refractivity contribution is -0.252. The largest absolute Gasteiger partial charge is 0.508 e. The fourth-order valence-electron chi connectivity index (χ4n) is 2.50. The van der Waals surface area contributed by atoms with Crippen molar-refractivity contribution in [2.75, 3.05) is 0 Å². The fourth-order valence-corrected chi connectivity index (χ4v) is 2.50. The first-order chi connectivity index (χ1) is 7.36. The second-order valence-corrected chi connectivity index (χ2v) is 5.43. The van der Waals surface area contributed by atoms with E-state index in [1.807, 2.05) is 32.9 Å². The molecule has 1 aliphatic heterocycles. The van der Waals surface area contributed by atoms with Crippen LogP contribution in [-0.2, 0) is 10.7 Å². The Morgan fingerprint density at radius 3 is 2.12 bits per heavy atom. The van der Waals surface area contributed by atoms with Gasteiger partial charge < -0.3 is 5.11 Å². The molecule has 0 saturated carbocycles. The van der Waals surface area contributed by atoms with Crippen LogP contribution in [0.4, 0.5) is 0 Å². The number of nitrogens with zero attached hydrogens (tertiary/aromatic N) is 1. The van der Waals surface area contributed by atoms with Crippen LogP contribution in [0.1, 0.15) is 39.2 Å². The summed E-state index contributed by atoms with van der Waals surface area (Å²) < 4.78 is 0. The minimum atomic E-state index is -0.461. The lowest BCUT2D eigenvalue weighted by Gasteiger charge is -2.35. The van der Waals surface area contributed by atoms with Crippen molar-refractivity contribution in [3.63, 3.8) is 0 Å². The number of hydrogen-bond acceptors (Lipinski definition) is 2. The summed E-state index contributed by atoms with van der Waals surface area (Å²) in [5, 5.41) is 22.7. The Kier molecular flexibility index (Phi) is 2.48. The molecular formula is C13H18NO2. The van der Waals surface area contributed by atoms with E-state index in [2.05, 4.69) is 0 Å². The molecule has 1 aromatic rings. The third-order valence-corrected chi connectivity index (χ3v) is 3.71. The van der Waals surface area contributed by atoms with Gasteiger partial charge >= 0.3 is 0 Å². The molecule has 1 aromatic carbocycles. The van der Waals surface area contributed by atoms with E-state index in [1.165, 1.54) is 5.06 Å². The van der Waals surface area contributed by atoms with Crippen LogP contribution in [0.25, 0.3) is 0 Å². The smallest absolute Gasteiger partial charge is 0.115 e. The lowest BCUT2D eigenvalue weighted by atomic mass is 9.90. The summed E-state index contributed by atoms with van der Waals surface area (Å²) in [6, 6.07) is 6.95. The highest BCUT2D eigenvalue weighted by Gasteiger charge is 2.49. The van der Waals surface area contributed by atoms with E-state index in [0.29, 0.717) is 0 Å². The SMILES string of the molecule is CC1(C)CCC(C)(c2ccc(O)cc2)N1[O]. The topological polar surface area (TPSA) is 43.4 Å². The number of benzene rings is 1. The van der Waals surface area contributed by atoms with Gasteiger partial charge in [0.1, 0.15) is 5.75 Å². The Labute approximate surface area is 96.3 Å². The van der Waals surface area contributed by atoms with Crippen LogP contribution in [0.2, 0.25) is 0 Å². The van der Waals surface area contributed by atoms with Crippen molar-refractivity contribution in [1.29, 1.82) is 0 Å². The molecule has 1 heterocycles. The number of aromatic hydroxyl groups is 1. The molecule has 1 radical (unpaired) electrons. The monoisotopic (exact) mass is 220 g/mol. The molecule has 0 bridgehead atoms. The zero-order valence-electron chi connectivity index (χ0n) is 10.0. The van der Waals surface area contributed by atoms with Gasteiger partial charge in [0.25, 0.3) is 0 Å². The Morgan fingerprint density at radius 1 is 1.12 bits per heavy atom. The van der Waals surface area contributed by atoms with Gasteiger partial charge in [0.2, 0.25) is 0 Å². The molecule has 16 heavy (non-hydrogen) atoms. The van der Waals surface area contributed by atoms with Crippen molar-refractivity contribution in [3.8, 4) is 5.75 Å². The molecule has 0 amide bonds. The van der Waals surface area contributed by atoms with Crippen molar-refractivity contribution in [2.45, 2.75) is 44.7 Å². The minimum absolute atomic E-state index is 0.238. The van der Waals surface area contributed by atoms with Gasteiger partial charge in [-0.25, -0.2) is 0 Å². The minimum Gasteiger partial charge on any atom is -0.508 e. The molecule has 3 nitrogen and oxygen atoms in total. The molecule has 0 spiro atoms. The van der Waals surface area contributed by atoms with Gasteiger partial charge in [-0.15, -0.1) is 10.3 Å². The van der Waals surface area contributed by atoms with E-state index < -0.39 is 5.54 Å². The van der Waals surface area contributed by atoms with Gasteiger partial charge in [-0.05, 0) is 51.3 Å². The Morgan fingerprint density at radius 2 is 1.69 bits per heavy atom. The van der Waals surface area contributed by atoms with Crippen molar-refractivity contribution >= 4 is 0 Å². The van der Waals surface area contributed by atoms with Gasteiger partial charge in [0, 0.05) is 5.54 Å². The maximum absolute atomic E-state index is 12.3. The second-order valence-electron chi connectivity index (χ2n) is 5.43. The molecule has 87 valence electrons. The summed E-state index contributed by atoms with van der Waals surface area (Å²) in [6.45, 7) is 5.93.